The standard InChI is InChI=1S/C10H12ClNOS/c1-14-8-4-2-7(3-5-8)6-9(11)10(12)13/h2-5,9H,6H2,1H3,(H2,12,13). The average molecular weight is 230 g/mol. The zero-order chi connectivity index (χ0) is 10.6. The first kappa shape index (κ1) is 11.4. The summed E-state index contributed by atoms with van der Waals surface area (Å²) in [7, 11) is 0. The number of alkyl halides is 1. The van der Waals surface area contributed by atoms with Gasteiger partial charge in [-0.2, -0.15) is 0 Å². The summed E-state index contributed by atoms with van der Waals surface area (Å²) in [4.78, 5) is 11.9. The highest BCUT2D eigenvalue weighted by Crippen LogP contribution is 2.16. The Labute approximate surface area is 92.8 Å². The molecule has 0 aromatic heterocycles. The summed E-state index contributed by atoms with van der Waals surface area (Å²) in [5, 5.41) is -0.616. The van der Waals surface area contributed by atoms with Crippen molar-refractivity contribution in [1.29, 1.82) is 0 Å². The van der Waals surface area contributed by atoms with Gasteiger partial charge in [-0.3, -0.25) is 4.79 Å². The van der Waals surface area contributed by atoms with Crippen LogP contribution < -0.4 is 5.73 Å². The fourth-order valence-corrected chi connectivity index (χ4v) is 1.66. The van der Waals surface area contributed by atoms with Crippen molar-refractivity contribution in [3.05, 3.63) is 29.8 Å². The quantitative estimate of drug-likeness (QED) is 0.634. The second-order valence-electron chi connectivity index (χ2n) is 2.92. The van der Waals surface area contributed by atoms with Crippen molar-refractivity contribution in [3.63, 3.8) is 0 Å². The van der Waals surface area contributed by atoms with Crippen molar-refractivity contribution in [2.75, 3.05) is 6.26 Å². The van der Waals surface area contributed by atoms with Gasteiger partial charge in [-0.25, -0.2) is 0 Å². The zero-order valence-electron chi connectivity index (χ0n) is 7.87. The molecule has 2 nitrogen and oxygen atoms in total. The molecule has 0 fully saturated rings. The molecular weight excluding hydrogens is 218 g/mol. The van der Waals surface area contributed by atoms with Gasteiger partial charge in [0.15, 0.2) is 0 Å². The number of amides is 1. The zero-order valence-corrected chi connectivity index (χ0v) is 9.44. The molecule has 1 aromatic carbocycles. The van der Waals surface area contributed by atoms with E-state index in [1.54, 1.807) is 11.8 Å². The largest absolute Gasteiger partial charge is 0.368 e. The van der Waals surface area contributed by atoms with E-state index < -0.39 is 11.3 Å². The van der Waals surface area contributed by atoms with E-state index in [4.69, 9.17) is 17.3 Å². The maximum absolute atomic E-state index is 10.7. The highest BCUT2D eigenvalue weighted by atomic mass is 35.5. The Kier molecular flexibility index (Phi) is 4.29. The van der Waals surface area contributed by atoms with Crippen molar-refractivity contribution in [2.45, 2.75) is 16.7 Å². The molecule has 0 spiro atoms. The van der Waals surface area contributed by atoms with Gasteiger partial charge in [0, 0.05) is 4.90 Å². The minimum absolute atomic E-state index is 0.472. The van der Waals surface area contributed by atoms with E-state index in [2.05, 4.69) is 0 Å². The lowest BCUT2D eigenvalue weighted by molar-refractivity contribution is -0.117. The van der Waals surface area contributed by atoms with E-state index in [0.29, 0.717) is 6.42 Å². The van der Waals surface area contributed by atoms with Gasteiger partial charge in [0.2, 0.25) is 5.91 Å². The fraction of sp³-hybridized carbons (Fsp3) is 0.300. The summed E-state index contributed by atoms with van der Waals surface area (Å²) in [5.41, 5.74) is 6.09. The van der Waals surface area contributed by atoms with E-state index >= 15 is 0 Å². The van der Waals surface area contributed by atoms with E-state index in [1.165, 1.54) is 4.90 Å². The number of benzene rings is 1. The molecule has 1 amide bonds. The van der Waals surface area contributed by atoms with Crippen LogP contribution >= 0.6 is 23.4 Å². The van der Waals surface area contributed by atoms with Gasteiger partial charge in [-0.05, 0) is 30.4 Å². The molecule has 0 aliphatic rings. The Morgan fingerprint density at radius 2 is 2.07 bits per heavy atom. The van der Waals surface area contributed by atoms with Crippen LogP contribution in [0.3, 0.4) is 0 Å². The average Bonchev–Trinajstić information content (AvgIpc) is 2.19. The van der Waals surface area contributed by atoms with Gasteiger partial charge in [0.25, 0.3) is 0 Å². The number of primary amides is 1. The van der Waals surface area contributed by atoms with Crippen molar-refractivity contribution >= 4 is 29.3 Å². The van der Waals surface area contributed by atoms with Crippen molar-refractivity contribution in [2.24, 2.45) is 5.73 Å². The van der Waals surface area contributed by atoms with Crippen LogP contribution in [0.5, 0.6) is 0 Å². The minimum atomic E-state index is -0.616. The SMILES string of the molecule is CSc1ccc(CC(Cl)C(N)=O)cc1. The third kappa shape index (κ3) is 3.24. The van der Waals surface area contributed by atoms with E-state index in [-0.39, 0.29) is 0 Å². The van der Waals surface area contributed by atoms with Crippen LogP contribution in [0.25, 0.3) is 0 Å². The number of carbonyl (C=O) groups excluding carboxylic acids is 1. The van der Waals surface area contributed by atoms with E-state index in [1.807, 2.05) is 30.5 Å². The van der Waals surface area contributed by atoms with Crippen LogP contribution in [0.1, 0.15) is 5.56 Å². The lowest BCUT2D eigenvalue weighted by Crippen LogP contribution is -2.25. The Morgan fingerprint density at radius 3 is 2.50 bits per heavy atom. The highest BCUT2D eigenvalue weighted by molar-refractivity contribution is 7.98. The van der Waals surface area contributed by atoms with Crippen molar-refractivity contribution < 1.29 is 4.79 Å². The molecule has 0 aliphatic carbocycles. The number of hydrogen-bond acceptors (Lipinski definition) is 2. The molecule has 0 radical (unpaired) electrons. The minimum Gasteiger partial charge on any atom is -0.368 e. The molecule has 1 atom stereocenters. The third-order valence-corrected chi connectivity index (χ3v) is 3.00. The van der Waals surface area contributed by atoms with Gasteiger partial charge in [-0.15, -0.1) is 23.4 Å². The first-order chi connectivity index (χ1) is 6.63. The Hall–Kier alpha value is -0.670. The Balaban J connectivity index is 2.64. The molecule has 0 heterocycles. The van der Waals surface area contributed by atoms with Crippen LogP contribution in [-0.4, -0.2) is 17.5 Å². The number of nitrogens with two attached hydrogens (primary N) is 1. The molecule has 0 saturated carbocycles. The molecule has 0 aliphatic heterocycles. The van der Waals surface area contributed by atoms with Crippen LogP contribution in [0, 0.1) is 0 Å². The van der Waals surface area contributed by atoms with Crippen LogP contribution in [-0.2, 0) is 11.2 Å². The molecular formula is C10H12ClNOS. The molecule has 1 rings (SSSR count). The topological polar surface area (TPSA) is 43.1 Å². The first-order valence-electron chi connectivity index (χ1n) is 4.20. The molecule has 14 heavy (non-hydrogen) atoms. The normalized spacial score (nSPS) is 12.4. The summed E-state index contributed by atoms with van der Waals surface area (Å²) >= 11 is 7.42. The van der Waals surface area contributed by atoms with Crippen LogP contribution in [0.4, 0.5) is 0 Å². The Bertz CT molecular complexity index is 312. The predicted molar refractivity (Wildman–Crippen MR) is 60.8 cm³/mol. The number of halogens is 1. The van der Waals surface area contributed by atoms with Crippen LogP contribution in [0.15, 0.2) is 29.2 Å². The van der Waals surface area contributed by atoms with Crippen molar-refractivity contribution in [1.82, 2.24) is 0 Å². The van der Waals surface area contributed by atoms with Crippen molar-refractivity contribution in [3.8, 4) is 0 Å². The lowest BCUT2D eigenvalue weighted by atomic mass is 10.1. The molecule has 0 bridgehead atoms. The number of rotatable bonds is 4. The van der Waals surface area contributed by atoms with Gasteiger partial charge in [-0.1, -0.05) is 12.1 Å². The molecule has 0 saturated heterocycles. The summed E-state index contributed by atoms with van der Waals surface area (Å²) in [6.45, 7) is 0. The molecule has 1 unspecified atom stereocenters. The maximum Gasteiger partial charge on any atom is 0.235 e. The second kappa shape index (κ2) is 5.27. The first-order valence-corrected chi connectivity index (χ1v) is 5.86. The molecule has 2 N–H and O–H groups in total. The number of thioether (sulfide) groups is 1. The Morgan fingerprint density at radius 1 is 1.50 bits per heavy atom. The summed E-state index contributed by atoms with van der Waals surface area (Å²) in [6.07, 6.45) is 2.51. The second-order valence-corrected chi connectivity index (χ2v) is 4.33. The maximum atomic E-state index is 10.7. The summed E-state index contributed by atoms with van der Waals surface area (Å²) < 4.78 is 0. The number of carbonyl (C=O) groups is 1. The van der Waals surface area contributed by atoms with Gasteiger partial charge < -0.3 is 5.73 Å². The predicted octanol–water partition coefficient (Wildman–Crippen LogP) is 2.04. The number of hydrogen-bond donors (Lipinski definition) is 1. The monoisotopic (exact) mass is 229 g/mol. The van der Waals surface area contributed by atoms with E-state index in [9.17, 15) is 4.79 Å². The van der Waals surface area contributed by atoms with Gasteiger partial charge >= 0.3 is 0 Å². The van der Waals surface area contributed by atoms with Gasteiger partial charge in [0.1, 0.15) is 5.38 Å². The summed E-state index contributed by atoms with van der Waals surface area (Å²) in [5.74, 6) is -0.472. The van der Waals surface area contributed by atoms with E-state index in [0.717, 1.165) is 5.56 Å². The lowest BCUT2D eigenvalue weighted by Gasteiger charge is -2.05. The molecule has 76 valence electrons. The highest BCUT2D eigenvalue weighted by Gasteiger charge is 2.11. The fourth-order valence-electron chi connectivity index (χ4n) is 1.07. The van der Waals surface area contributed by atoms with Gasteiger partial charge in [0.05, 0.1) is 0 Å². The third-order valence-electron chi connectivity index (χ3n) is 1.88. The van der Waals surface area contributed by atoms with Crippen LogP contribution in [0.2, 0.25) is 0 Å². The summed E-state index contributed by atoms with van der Waals surface area (Å²) in [6, 6.07) is 7.93. The smallest absolute Gasteiger partial charge is 0.235 e. The molecule has 4 heteroatoms. The molecule has 1 aromatic rings.